The fourth-order valence-corrected chi connectivity index (χ4v) is 1.93. The molecule has 0 amide bonds. The molecule has 1 saturated carbocycles. The van der Waals surface area contributed by atoms with Crippen LogP contribution in [0, 0.1) is 0 Å². The van der Waals surface area contributed by atoms with Crippen molar-refractivity contribution in [3.05, 3.63) is 35.5 Å². The Morgan fingerprint density at radius 1 is 1.35 bits per heavy atom. The van der Waals surface area contributed by atoms with Gasteiger partial charge in [-0.1, -0.05) is 11.2 Å². The van der Waals surface area contributed by atoms with Crippen molar-refractivity contribution in [1.82, 2.24) is 10.1 Å². The molecule has 1 aliphatic rings. The van der Waals surface area contributed by atoms with Crippen LogP contribution in [0.5, 0.6) is 11.5 Å². The van der Waals surface area contributed by atoms with Crippen LogP contribution >= 0.6 is 0 Å². The minimum absolute atomic E-state index is 0.226. The van der Waals surface area contributed by atoms with E-state index >= 15 is 0 Å². The highest BCUT2D eigenvalue weighted by Crippen LogP contribution is 2.38. The smallest absolute Gasteiger partial charge is 0.264 e. The minimum Gasteiger partial charge on any atom is -0.493 e. The Morgan fingerprint density at radius 2 is 2.20 bits per heavy atom. The lowest BCUT2D eigenvalue weighted by molar-refractivity contribution is 0.233. The molecule has 1 aromatic carbocycles. The summed E-state index contributed by atoms with van der Waals surface area (Å²) in [6.45, 7) is 0.677. The number of nitrogens with two attached hydrogens (primary N) is 1. The summed E-state index contributed by atoms with van der Waals surface area (Å²) in [7, 11) is 1.60. The molecule has 106 valence electrons. The molecule has 0 radical (unpaired) electrons. The molecular formula is C14H17N3O3. The second-order valence-electron chi connectivity index (χ2n) is 4.80. The highest BCUT2D eigenvalue weighted by atomic mass is 16.5. The maximum absolute atomic E-state index is 5.69. The summed E-state index contributed by atoms with van der Waals surface area (Å²) in [5.41, 5.74) is 6.60. The summed E-state index contributed by atoms with van der Waals surface area (Å²) in [4.78, 5) is 4.32. The van der Waals surface area contributed by atoms with E-state index in [1.165, 1.54) is 0 Å². The van der Waals surface area contributed by atoms with E-state index in [4.69, 9.17) is 19.7 Å². The zero-order valence-electron chi connectivity index (χ0n) is 11.3. The Balaban J connectivity index is 1.69. The maximum atomic E-state index is 5.69. The molecule has 2 aromatic rings. The van der Waals surface area contributed by atoms with E-state index in [9.17, 15) is 0 Å². The number of hydrogen-bond acceptors (Lipinski definition) is 6. The number of aromatic nitrogens is 2. The Labute approximate surface area is 116 Å². The van der Waals surface area contributed by atoms with Crippen molar-refractivity contribution in [3.8, 4) is 11.5 Å². The van der Waals surface area contributed by atoms with Gasteiger partial charge in [-0.2, -0.15) is 4.98 Å². The first-order valence-corrected chi connectivity index (χ1v) is 6.62. The first kappa shape index (κ1) is 12.9. The van der Waals surface area contributed by atoms with Crippen molar-refractivity contribution >= 4 is 0 Å². The van der Waals surface area contributed by atoms with Gasteiger partial charge in [-0.05, 0) is 30.5 Å². The Hall–Kier alpha value is -2.08. The standard InChI is InChI=1S/C14H17N3O3/c1-18-11-5-2-9(7-15)6-12(11)19-8-13-16-14(17-20-13)10-3-4-10/h2,5-6,10H,3-4,7-8,15H2,1H3. The van der Waals surface area contributed by atoms with Crippen LogP contribution in [0.2, 0.25) is 0 Å². The molecule has 0 saturated heterocycles. The molecule has 1 aliphatic carbocycles. The minimum atomic E-state index is 0.226. The van der Waals surface area contributed by atoms with Gasteiger partial charge < -0.3 is 19.7 Å². The Morgan fingerprint density at radius 3 is 2.90 bits per heavy atom. The molecule has 0 unspecified atom stereocenters. The number of hydrogen-bond donors (Lipinski definition) is 1. The third-order valence-corrected chi connectivity index (χ3v) is 3.24. The topological polar surface area (TPSA) is 83.4 Å². The number of ether oxygens (including phenoxy) is 2. The highest BCUT2D eigenvalue weighted by Gasteiger charge is 2.28. The lowest BCUT2D eigenvalue weighted by atomic mass is 10.2. The van der Waals surface area contributed by atoms with Crippen LogP contribution in [0.4, 0.5) is 0 Å². The highest BCUT2D eigenvalue weighted by molar-refractivity contribution is 5.42. The SMILES string of the molecule is COc1ccc(CN)cc1OCc1nc(C2CC2)no1. The quantitative estimate of drug-likeness (QED) is 0.868. The van der Waals surface area contributed by atoms with Crippen LogP contribution in [0.15, 0.2) is 22.7 Å². The summed E-state index contributed by atoms with van der Waals surface area (Å²) >= 11 is 0. The molecule has 0 atom stereocenters. The predicted octanol–water partition coefficient (Wildman–Crippen LogP) is 1.99. The zero-order chi connectivity index (χ0) is 13.9. The molecule has 0 spiro atoms. The van der Waals surface area contributed by atoms with Crippen LogP contribution in [0.3, 0.4) is 0 Å². The van der Waals surface area contributed by atoms with E-state index in [-0.39, 0.29) is 6.61 Å². The molecule has 6 nitrogen and oxygen atoms in total. The molecule has 0 bridgehead atoms. The van der Waals surface area contributed by atoms with Crippen molar-refractivity contribution in [3.63, 3.8) is 0 Å². The molecule has 3 rings (SSSR count). The fourth-order valence-electron chi connectivity index (χ4n) is 1.93. The molecule has 0 aliphatic heterocycles. The van der Waals surface area contributed by atoms with Gasteiger partial charge in [0, 0.05) is 12.5 Å². The number of rotatable bonds is 6. The van der Waals surface area contributed by atoms with Gasteiger partial charge in [-0.15, -0.1) is 0 Å². The van der Waals surface area contributed by atoms with E-state index in [2.05, 4.69) is 10.1 Å². The van der Waals surface area contributed by atoms with Gasteiger partial charge in [0.2, 0.25) is 0 Å². The summed E-state index contributed by atoms with van der Waals surface area (Å²) < 4.78 is 16.1. The number of nitrogens with zero attached hydrogens (tertiary/aromatic N) is 2. The van der Waals surface area contributed by atoms with Crippen LogP contribution in [0.25, 0.3) is 0 Å². The van der Waals surface area contributed by atoms with Gasteiger partial charge in [0.05, 0.1) is 7.11 Å². The van der Waals surface area contributed by atoms with Crippen LogP contribution in [-0.2, 0) is 13.2 Å². The molecule has 6 heteroatoms. The van der Waals surface area contributed by atoms with E-state index < -0.39 is 0 Å². The van der Waals surface area contributed by atoms with E-state index in [0.717, 1.165) is 24.2 Å². The monoisotopic (exact) mass is 275 g/mol. The third kappa shape index (κ3) is 2.75. The van der Waals surface area contributed by atoms with Crippen molar-refractivity contribution in [2.24, 2.45) is 5.73 Å². The first-order valence-electron chi connectivity index (χ1n) is 6.62. The molecular weight excluding hydrogens is 258 g/mol. The second kappa shape index (κ2) is 5.50. The van der Waals surface area contributed by atoms with Gasteiger partial charge in [0.1, 0.15) is 0 Å². The normalized spacial score (nSPS) is 14.3. The molecule has 1 aromatic heterocycles. The van der Waals surface area contributed by atoms with Crippen molar-refractivity contribution in [1.29, 1.82) is 0 Å². The summed E-state index contributed by atoms with van der Waals surface area (Å²) in [6, 6.07) is 5.60. The predicted molar refractivity (Wildman–Crippen MR) is 71.5 cm³/mol. The van der Waals surface area contributed by atoms with E-state index in [1.54, 1.807) is 7.11 Å². The van der Waals surface area contributed by atoms with Crippen molar-refractivity contribution in [2.45, 2.75) is 31.9 Å². The van der Waals surface area contributed by atoms with Crippen LogP contribution in [0.1, 0.15) is 36.0 Å². The van der Waals surface area contributed by atoms with E-state index in [0.29, 0.717) is 29.9 Å². The molecule has 1 fully saturated rings. The average molecular weight is 275 g/mol. The molecule has 2 N–H and O–H groups in total. The van der Waals surface area contributed by atoms with Crippen LogP contribution < -0.4 is 15.2 Å². The average Bonchev–Trinajstić information content (AvgIpc) is 3.24. The third-order valence-electron chi connectivity index (χ3n) is 3.24. The second-order valence-corrected chi connectivity index (χ2v) is 4.80. The van der Waals surface area contributed by atoms with Crippen LogP contribution in [-0.4, -0.2) is 17.3 Å². The largest absolute Gasteiger partial charge is 0.493 e. The number of benzene rings is 1. The molecule has 20 heavy (non-hydrogen) atoms. The molecule has 1 heterocycles. The fraction of sp³-hybridized carbons (Fsp3) is 0.429. The van der Waals surface area contributed by atoms with Crippen molar-refractivity contribution < 1.29 is 14.0 Å². The van der Waals surface area contributed by atoms with Crippen molar-refractivity contribution in [2.75, 3.05) is 7.11 Å². The summed E-state index contributed by atoms with van der Waals surface area (Å²) in [5, 5.41) is 3.95. The van der Waals surface area contributed by atoms with Gasteiger partial charge in [-0.25, -0.2) is 0 Å². The Kier molecular flexibility index (Phi) is 3.56. The maximum Gasteiger partial charge on any atom is 0.264 e. The van der Waals surface area contributed by atoms with Gasteiger partial charge in [0.15, 0.2) is 23.9 Å². The van der Waals surface area contributed by atoms with Gasteiger partial charge in [0.25, 0.3) is 5.89 Å². The zero-order valence-corrected chi connectivity index (χ0v) is 11.3. The Bertz CT molecular complexity index is 593. The summed E-state index contributed by atoms with van der Waals surface area (Å²) in [5.74, 6) is 3.02. The van der Waals surface area contributed by atoms with E-state index in [1.807, 2.05) is 18.2 Å². The lowest BCUT2D eigenvalue weighted by Crippen LogP contribution is -2.01. The first-order chi connectivity index (χ1) is 9.80. The van der Waals surface area contributed by atoms with Gasteiger partial charge in [-0.3, -0.25) is 0 Å². The summed E-state index contributed by atoms with van der Waals surface area (Å²) in [6.07, 6.45) is 2.29. The van der Waals surface area contributed by atoms with Gasteiger partial charge >= 0.3 is 0 Å². The lowest BCUT2D eigenvalue weighted by Gasteiger charge is -2.10. The number of methoxy groups -OCH3 is 1.